The molecule has 0 saturated heterocycles. The second kappa shape index (κ2) is 5.38. The summed E-state index contributed by atoms with van der Waals surface area (Å²) in [5, 5.41) is 23.0. The van der Waals surface area contributed by atoms with Gasteiger partial charge in [-0.25, -0.2) is 0 Å². The van der Waals surface area contributed by atoms with Crippen molar-refractivity contribution in [1.29, 1.82) is 0 Å². The first-order valence-corrected chi connectivity index (χ1v) is 6.01. The van der Waals surface area contributed by atoms with Crippen LogP contribution in [0.1, 0.15) is 5.56 Å². The number of phenols is 2. The van der Waals surface area contributed by atoms with Gasteiger partial charge in [0, 0.05) is 33.9 Å². The summed E-state index contributed by atoms with van der Waals surface area (Å²) in [6.45, 7) is 0.406. The van der Waals surface area contributed by atoms with E-state index in [0.29, 0.717) is 22.2 Å². The molecule has 0 aliphatic rings. The molecule has 94 valence electrons. The fraction of sp³-hybridized carbons (Fsp3) is 0.0769. The lowest BCUT2D eigenvalue weighted by Gasteiger charge is -2.09. The van der Waals surface area contributed by atoms with Crippen molar-refractivity contribution in [3.8, 4) is 11.5 Å². The Balaban J connectivity index is 2.11. The molecule has 0 fully saturated rings. The molecule has 5 heteroatoms. The molecule has 0 aromatic heterocycles. The number of benzene rings is 2. The van der Waals surface area contributed by atoms with Gasteiger partial charge in [-0.3, -0.25) is 0 Å². The van der Waals surface area contributed by atoms with E-state index in [1.807, 2.05) is 0 Å². The van der Waals surface area contributed by atoms with Gasteiger partial charge in [0.1, 0.15) is 11.5 Å². The minimum Gasteiger partial charge on any atom is -0.508 e. The summed E-state index contributed by atoms with van der Waals surface area (Å²) in [4.78, 5) is 0. The van der Waals surface area contributed by atoms with Crippen molar-refractivity contribution >= 4 is 28.9 Å². The van der Waals surface area contributed by atoms with Gasteiger partial charge in [0.2, 0.25) is 0 Å². The number of aromatic hydroxyl groups is 2. The highest BCUT2D eigenvalue weighted by atomic mass is 35.5. The van der Waals surface area contributed by atoms with Crippen LogP contribution in [-0.4, -0.2) is 10.2 Å². The van der Waals surface area contributed by atoms with Gasteiger partial charge < -0.3 is 15.5 Å². The van der Waals surface area contributed by atoms with Crippen LogP contribution in [0.15, 0.2) is 36.4 Å². The second-order valence-electron chi connectivity index (χ2n) is 3.82. The maximum atomic E-state index is 9.63. The van der Waals surface area contributed by atoms with Crippen LogP contribution in [0.4, 0.5) is 5.69 Å². The number of halogens is 2. The van der Waals surface area contributed by atoms with Crippen molar-refractivity contribution in [2.75, 3.05) is 5.32 Å². The van der Waals surface area contributed by atoms with Crippen molar-refractivity contribution in [3.63, 3.8) is 0 Å². The van der Waals surface area contributed by atoms with Gasteiger partial charge in [-0.15, -0.1) is 0 Å². The van der Waals surface area contributed by atoms with E-state index in [1.54, 1.807) is 24.3 Å². The third-order valence-electron chi connectivity index (χ3n) is 2.41. The van der Waals surface area contributed by atoms with Crippen LogP contribution in [0, 0.1) is 0 Å². The van der Waals surface area contributed by atoms with Gasteiger partial charge in [-0.05, 0) is 30.3 Å². The van der Waals surface area contributed by atoms with Crippen molar-refractivity contribution in [3.05, 3.63) is 52.0 Å². The van der Waals surface area contributed by atoms with Crippen LogP contribution in [0.3, 0.4) is 0 Å². The number of nitrogens with one attached hydrogen (secondary N) is 1. The minimum atomic E-state index is 0.0297. The summed E-state index contributed by atoms with van der Waals surface area (Å²) in [5.74, 6) is 0.0673. The zero-order valence-electron chi connectivity index (χ0n) is 9.32. The molecule has 2 rings (SSSR count). The molecule has 0 spiro atoms. The molecule has 3 N–H and O–H groups in total. The second-order valence-corrected chi connectivity index (χ2v) is 4.70. The Hall–Kier alpha value is -1.58. The zero-order chi connectivity index (χ0) is 13.1. The van der Waals surface area contributed by atoms with E-state index in [4.69, 9.17) is 23.2 Å². The van der Waals surface area contributed by atoms with Gasteiger partial charge in [0.25, 0.3) is 0 Å². The van der Waals surface area contributed by atoms with Crippen LogP contribution in [0.25, 0.3) is 0 Å². The number of hydrogen-bond acceptors (Lipinski definition) is 3. The third-order valence-corrected chi connectivity index (χ3v) is 2.85. The Morgan fingerprint density at radius 1 is 0.944 bits per heavy atom. The monoisotopic (exact) mass is 283 g/mol. The van der Waals surface area contributed by atoms with E-state index in [2.05, 4.69) is 5.32 Å². The summed E-state index contributed by atoms with van der Waals surface area (Å²) >= 11 is 11.8. The van der Waals surface area contributed by atoms with Gasteiger partial charge >= 0.3 is 0 Å². The van der Waals surface area contributed by atoms with Crippen molar-refractivity contribution in [2.45, 2.75) is 6.54 Å². The first-order valence-electron chi connectivity index (χ1n) is 5.25. The molecule has 0 aliphatic carbocycles. The van der Waals surface area contributed by atoms with Crippen LogP contribution in [0.2, 0.25) is 10.0 Å². The molecular formula is C13H11Cl2NO2. The van der Waals surface area contributed by atoms with Crippen molar-refractivity contribution < 1.29 is 10.2 Å². The van der Waals surface area contributed by atoms with E-state index < -0.39 is 0 Å². The third kappa shape index (κ3) is 3.22. The first-order chi connectivity index (χ1) is 8.54. The quantitative estimate of drug-likeness (QED) is 0.798. The lowest BCUT2D eigenvalue weighted by Crippen LogP contribution is -1.99. The number of anilines is 1. The fourth-order valence-corrected chi connectivity index (χ4v) is 2.08. The average molecular weight is 284 g/mol. The van der Waals surface area contributed by atoms with Crippen molar-refractivity contribution in [2.24, 2.45) is 0 Å². The molecule has 2 aromatic rings. The average Bonchev–Trinajstić information content (AvgIpc) is 2.26. The molecule has 0 saturated carbocycles. The Labute approximate surface area is 115 Å². The molecular weight excluding hydrogens is 273 g/mol. The topological polar surface area (TPSA) is 52.5 Å². The SMILES string of the molecule is Oc1ccc(CNc2cc(Cl)cc(Cl)c2)c(O)c1. The van der Waals surface area contributed by atoms with Crippen LogP contribution in [0.5, 0.6) is 11.5 Å². The molecule has 2 aromatic carbocycles. The Morgan fingerprint density at radius 3 is 2.22 bits per heavy atom. The van der Waals surface area contributed by atoms with Crippen LogP contribution < -0.4 is 5.32 Å². The molecule has 0 radical (unpaired) electrons. The fourth-order valence-electron chi connectivity index (χ4n) is 1.55. The van der Waals surface area contributed by atoms with Gasteiger partial charge in [-0.2, -0.15) is 0 Å². The van der Waals surface area contributed by atoms with Gasteiger partial charge in [0.15, 0.2) is 0 Å². The highest BCUT2D eigenvalue weighted by molar-refractivity contribution is 6.35. The minimum absolute atomic E-state index is 0.0297. The van der Waals surface area contributed by atoms with Crippen LogP contribution in [-0.2, 0) is 6.54 Å². The molecule has 18 heavy (non-hydrogen) atoms. The molecule has 0 amide bonds. The van der Waals surface area contributed by atoms with Crippen molar-refractivity contribution in [1.82, 2.24) is 0 Å². The van der Waals surface area contributed by atoms with E-state index in [9.17, 15) is 10.2 Å². The number of hydrogen-bond donors (Lipinski definition) is 3. The van der Waals surface area contributed by atoms with E-state index in [-0.39, 0.29) is 11.5 Å². The van der Waals surface area contributed by atoms with E-state index >= 15 is 0 Å². The molecule has 0 unspecified atom stereocenters. The Morgan fingerprint density at radius 2 is 1.61 bits per heavy atom. The smallest absolute Gasteiger partial charge is 0.124 e. The lowest BCUT2D eigenvalue weighted by molar-refractivity contribution is 0.446. The van der Waals surface area contributed by atoms with Crippen LogP contribution >= 0.6 is 23.2 Å². The summed E-state index contributed by atoms with van der Waals surface area (Å²) in [6, 6.07) is 9.58. The Bertz CT molecular complexity index is 553. The first kappa shape index (κ1) is 12.9. The van der Waals surface area contributed by atoms with Gasteiger partial charge in [0.05, 0.1) is 0 Å². The maximum Gasteiger partial charge on any atom is 0.124 e. The zero-order valence-corrected chi connectivity index (χ0v) is 10.8. The molecule has 0 bridgehead atoms. The summed E-state index contributed by atoms with van der Waals surface area (Å²) in [5.41, 5.74) is 1.43. The van der Waals surface area contributed by atoms with E-state index in [0.717, 1.165) is 5.69 Å². The maximum absolute atomic E-state index is 9.63. The summed E-state index contributed by atoms with van der Waals surface area (Å²) in [6.07, 6.45) is 0. The summed E-state index contributed by atoms with van der Waals surface area (Å²) in [7, 11) is 0. The molecule has 3 nitrogen and oxygen atoms in total. The van der Waals surface area contributed by atoms with Gasteiger partial charge in [-0.1, -0.05) is 23.2 Å². The molecule has 0 aliphatic heterocycles. The predicted molar refractivity (Wildman–Crippen MR) is 73.6 cm³/mol. The highest BCUT2D eigenvalue weighted by Crippen LogP contribution is 2.25. The highest BCUT2D eigenvalue weighted by Gasteiger charge is 2.03. The normalized spacial score (nSPS) is 10.3. The van der Waals surface area contributed by atoms with E-state index in [1.165, 1.54) is 12.1 Å². The molecule has 0 atom stereocenters. The largest absolute Gasteiger partial charge is 0.508 e. The molecule has 0 heterocycles. The number of rotatable bonds is 3. The predicted octanol–water partition coefficient (Wildman–Crippen LogP) is 4.02. The summed E-state index contributed by atoms with van der Waals surface area (Å²) < 4.78 is 0. The lowest BCUT2D eigenvalue weighted by atomic mass is 10.2. The number of phenolic OH excluding ortho intramolecular Hbond substituents is 2. The Kier molecular flexibility index (Phi) is 3.84. The standard InChI is InChI=1S/C13H11Cl2NO2/c14-9-3-10(15)5-11(4-9)16-7-8-1-2-12(17)6-13(8)18/h1-6,16-18H,7H2.